The summed E-state index contributed by atoms with van der Waals surface area (Å²) in [5, 5.41) is 9.06. The summed E-state index contributed by atoms with van der Waals surface area (Å²) in [7, 11) is 0. The van der Waals surface area contributed by atoms with Crippen molar-refractivity contribution in [2.75, 3.05) is 9.80 Å². The Bertz CT molecular complexity index is 3370. The molecular formula is C59H50N2O2. The van der Waals surface area contributed by atoms with Crippen LogP contribution in [0.25, 0.3) is 65.4 Å². The molecule has 0 fully saturated rings. The highest BCUT2D eigenvalue weighted by Gasteiger charge is 2.24. The molecule has 0 aliphatic heterocycles. The Morgan fingerprint density at radius 2 is 0.794 bits per heavy atom. The van der Waals surface area contributed by atoms with Crippen molar-refractivity contribution in [2.24, 2.45) is 0 Å². The minimum absolute atomic E-state index is 0.167. The second-order valence-corrected chi connectivity index (χ2v) is 17.9. The Morgan fingerprint density at radius 1 is 0.381 bits per heavy atom. The molecule has 11 rings (SSSR count). The van der Waals surface area contributed by atoms with Gasteiger partial charge in [-0.15, -0.1) is 0 Å². The van der Waals surface area contributed by atoms with Gasteiger partial charge in [0.05, 0.1) is 0 Å². The Balaban J connectivity index is 1.05. The van der Waals surface area contributed by atoms with E-state index >= 15 is 0 Å². The largest absolute Gasteiger partial charge is 0.456 e. The van der Waals surface area contributed by atoms with Gasteiger partial charge in [-0.05, 0) is 182 Å². The molecule has 308 valence electrons. The first-order valence-corrected chi connectivity index (χ1v) is 22.1. The summed E-state index contributed by atoms with van der Waals surface area (Å²) in [6.07, 6.45) is 0. The summed E-state index contributed by atoms with van der Waals surface area (Å²) in [6.45, 7) is 17.5. The zero-order valence-electron chi connectivity index (χ0n) is 37.2. The predicted molar refractivity (Wildman–Crippen MR) is 268 cm³/mol. The Hall–Kier alpha value is -7.30. The highest BCUT2D eigenvalue weighted by molar-refractivity contribution is 6.20. The van der Waals surface area contributed by atoms with Crippen LogP contribution in [0.4, 0.5) is 34.1 Å². The maximum Gasteiger partial charge on any atom is 0.142 e. The molecule has 2 aromatic heterocycles. The van der Waals surface area contributed by atoms with Crippen LogP contribution >= 0.6 is 0 Å². The van der Waals surface area contributed by atoms with E-state index in [4.69, 9.17) is 8.83 Å². The molecule has 0 bridgehead atoms. The van der Waals surface area contributed by atoms with Crippen molar-refractivity contribution in [1.29, 1.82) is 0 Å². The first-order valence-electron chi connectivity index (χ1n) is 22.1. The van der Waals surface area contributed by atoms with Gasteiger partial charge in [0.1, 0.15) is 22.3 Å². The molecule has 0 aliphatic rings. The van der Waals surface area contributed by atoms with E-state index < -0.39 is 0 Å². The third kappa shape index (κ3) is 6.35. The summed E-state index contributed by atoms with van der Waals surface area (Å²) in [5.74, 6) is 0.167. The van der Waals surface area contributed by atoms with Crippen LogP contribution in [0.15, 0.2) is 160 Å². The van der Waals surface area contributed by atoms with Crippen molar-refractivity contribution in [3.05, 3.63) is 191 Å². The highest BCUT2D eigenvalue weighted by atomic mass is 16.3. The molecule has 4 heteroatoms. The van der Waals surface area contributed by atoms with Gasteiger partial charge in [0.2, 0.25) is 0 Å². The smallest absolute Gasteiger partial charge is 0.142 e. The third-order valence-corrected chi connectivity index (χ3v) is 13.4. The van der Waals surface area contributed by atoms with Gasteiger partial charge >= 0.3 is 0 Å². The fourth-order valence-corrected chi connectivity index (χ4v) is 9.63. The molecule has 2 heterocycles. The first kappa shape index (κ1) is 38.6. The van der Waals surface area contributed by atoms with Crippen molar-refractivity contribution in [1.82, 2.24) is 0 Å². The molecule has 63 heavy (non-hydrogen) atoms. The number of fused-ring (bicyclic) bond motifs is 8. The molecule has 11 aromatic rings. The van der Waals surface area contributed by atoms with Crippen LogP contribution in [0.2, 0.25) is 0 Å². The van der Waals surface area contributed by atoms with Crippen LogP contribution in [-0.2, 0) is 0 Å². The molecule has 0 saturated carbocycles. The Morgan fingerprint density at radius 3 is 1.21 bits per heavy atom. The van der Waals surface area contributed by atoms with Gasteiger partial charge in [-0.25, -0.2) is 0 Å². The minimum atomic E-state index is 0.167. The maximum absolute atomic E-state index is 6.92. The molecule has 0 amide bonds. The monoisotopic (exact) mass is 818 g/mol. The molecule has 4 nitrogen and oxygen atoms in total. The number of benzene rings is 9. The zero-order valence-corrected chi connectivity index (χ0v) is 37.2. The molecule has 0 saturated heterocycles. The third-order valence-electron chi connectivity index (χ3n) is 13.4. The standard InChI is InChI=1S/C59H50N2O2/c1-34(2)57-58-51(49-29-41-19-25-47(27-43(41)31-55(49)62-58)60(45-21-15-35(3)16-22-45)53-13-9-11-37(5)39(53)7)33-52-50-30-42-20-26-48(28-44(42)32-56(50)63-59(52)57)61(46-23-17-36(4)18-24-46)54-14-10-12-38(6)40(54)8/h9-34H,1-8H3. The highest BCUT2D eigenvalue weighted by Crippen LogP contribution is 2.46. The molecule has 0 N–H and O–H groups in total. The molecule has 0 radical (unpaired) electrons. The van der Waals surface area contributed by atoms with Crippen molar-refractivity contribution in [3.8, 4) is 0 Å². The van der Waals surface area contributed by atoms with Crippen molar-refractivity contribution < 1.29 is 8.83 Å². The number of anilines is 6. The normalized spacial score (nSPS) is 12.0. The number of hydrogen-bond donors (Lipinski definition) is 0. The van der Waals surface area contributed by atoms with E-state index in [-0.39, 0.29) is 5.92 Å². The van der Waals surface area contributed by atoms with E-state index in [2.05, 4.69) is 217 Å². The molecule has 0 unspecified atom stereocenters. The molecular weight excluding hydrogens is 769 g/mol. The summed E-state index contributed by atoms with van der Waals surface area (Å²) >= 11 is 0. The Kier molecular flexibility index (Phi) is 8.99. The van der Waals surface area contributed by atoms with Crippen LogP contribution in [0.3, 0.4) is 0 Å². The van der Waals surface area contributed by atoms with Gasteiger partial charge in [-0.3, -0.25) is 0 Å². The number of nitrogens with zero attached hydrogens (tertiary/aromatic N) is 2. The van der Waals surface area contributed by atoms with Crippen molar-refractivity contribution in [2.45, 2.75) is 61.3 Å². The fraction of sp³-hybridized carbons (Fsp3) is 0.153. The first-order chi connectivity index (χ1) is 30.5. The van der Waals surface area contributed by atoms with E-state index in [9.17, 15) is 0 Å². The van der Waals surface area contributed by atoms with Crippen LogP contribution in [0.1, 0.15) is 58.7 Å². The lowest BCUT2D eigenvalue weighted by Gasteiger charge is -2.28. The van der Waals surface area contributed by atoms with Crippen LogP contribution in [0.5, 0.6) is 0 Å². The van der Waals surface area contributed by atoms with E-state index in [0.29, 0.717) is 0 Å². The predicted octanol–water partition coefficient (Wildman–Crippen LogP) is 17.7. The van der Waals surface area contributed by atoms with Crippen LogP contribution < -0.4 is 9.80 Å². The van der Waals surface area contributed by atoms with E-state index in [1.807, 2.05) is 0 Å². The molecule has 9 aromatic carbocycles. The van der Waals surface area contributed by atoms with Gasteiger partial charge < -0.3 is 18.6 Å². The van der Waals surface area contributed by atoms with E-state index in [0.717, 1.165) is 83.0 Å². The number of hydrogen-bond acceptors (Lipinski definition) is 4. The summed E-state index contributed by atoms with van der Waals surface area (Å²) in [4.78, 5) is 4.74. The van der Waals surface area contributed by atoms with Gasteiger partial charge in [-0.2, -0.15) is 0 Å². The average molecular weight is 819 g/mol. The van der Waals surface area contributed by atoms with Gasteiger partial charge in [0, 0.05) is 61.2 Å². The van der Waals surface area contributed by atoms with Crippen LogP contribution in [-0.4, -0.2) is 0 Å². The van der Waals surface area contributed by atoms with Crippen molar-refractivity contribution in [3.63, 3.8) is 0 Å². The van der Waals surface area contributed by atoms with E-state index in [1.165, 1.54) is 55.5 Å². The number of rotatable bonds is 7. The minimum Gasteiger partial charge on any atom is -0.456 e. The number of aryl methyl sites for hydroxylation is 4. The summed E-state index contributed by atoms with van der Waals surface area (Å²) < 4.78 is 13.8. The molecule has 0 aliphatic carbocycles. The van der Waals surface area contributed by atoms with Gasteiger partial charge in [0.15, 0.2) is 0 Å². The SMILES string of the molecule is Cc1ccc(N(c2ccc3cc4c(cc3c2)oc2c(C(C)C)c3oc5cc6cc(N(c7ccc(C)cc7)c7cccc(C)c7C)ccc6cc5c3cc24)c2cccc(C)c2C)cc1. The lowest BCUT2D eigenvalue weighted by Crippen LogP contribution is -2.11. The lowest BCUT2D eigenvalue weighted by molar-refractivity contribution is 0.638. The summed E-state index contributed by atoms with van der Waals surface area (Å²) in [6, 6.07) is 55.6. The van der Waals surface area contributed by atoms with Crippen LogP contribution in [0, 0.1) is 41.5 Å². The van der Waals surface area contributed by atoms with E-state index in [1.54, 1.807) is 0 Å². The lowest BCUT2D eigenvalue weighted by atomic mass is 9.95. The second kappa shape index (κ2) is 14.7. The molecule has 0 atom stereocenters. The fourth-order valence-electron chi connectivity index (χ4n) is 9.63. The van der Waals surface area contributed by atoms with Gasteiger partial charge in [-0.1, -0.05) is 85.6 Å². The number of furan rings is 2. The zero-order chi connectivity index (χ0) is 43.3. The topological polar surface area (TPSA) is 32.8 Å². The quantitative estimate of drug-likeness (QED) is 0.160. The van der Waals surface area contributed by atoms with Crippen molar-refractivity contribution >= 4 is 99.5 Å². The Labute approximate surface area is 368 Å². The average Bonchev–Trinajstić information content (AvgIpc) is 3.81. The van der Waals surface area contributed by atoms with Gasteiger partial charge in [0.25, 0.3) is 0 Å². The maximum atomic E-state index is 6.92. The summed E-state index contributed by atoms with van der Waals surface area (Å²) in [5.41, 5.74) is 19.0. The molecule has 0 spiro atoms. The second-order valence-electron chi connectivity index (χ2n) is 17.9.